The molecule has 2 heterocycles. The van der Waals surface area contributed by atoms with Gasteiger partial charge in [-0.3, -0.25) is 15.0 Å². The quantitative estimate of drug-likeness (QED) is 0.621. The second-order valence-corrected chi connectivity index (χ2v) is 5.20. The Bertz CT molecular complexity index is 521. The SMILES string of the molecule is O=[N+]([O-])c1ccc(C2=NC[C@H](CN3CCCC3)O2)cc1. The Labute approximate surface area is 117 Å². The fraction of sp³-hybridized carbons (Fsp3) is 0.500. The van der Waals surface area contributed by atoms with Crippen LogP contribution in [0.3, 0.4) is 0 Å². The van der Waals surface area contributed by atoms with Gasteiger partial charge < -0.3 is 4.74 Å². The maximum atomic E-state index is 10.6. The van der Waals surface area contributed by atoms with E-state index >= 15 is 0 Å². The van der Waals surface area contributed by atoms with Gasteiger partial charge in [0.15, 0.2) is 0 Å². The van der Waals surface area contributed by atoms with Crippen molar-refractivity contribution in [2.24, 2.45) is 4.99 Å². The van der Waals surface area contributed by atoms with Crippen molar-refractivity contribution in [3.05, 3.63) is 39.9 Å². The minimum atomic E-state index is -0.405. The zero-order chi connectivity index (χ0) is 13.9. The summed E-state index contributed by atoms with van der Waals surface area (Å²) >= 11 is 0. The molecule has 6 nitrogen and oxygen atoms in total. The second-order valence-electron chi connectivity index (χ2n) is 5.20. The van der Waals surface area contributed by atoms with Crippen LogP contribution in [-0.4, -0.2) is 48.0 Å². The summed E-state index contributed by atoms with van der Waals surface area (Å²) < 4.78 is 5.85. The molecule has 1 atom stereocenters. The van der Waals surface area contributed by atoms with Crippen molar-refractivity contribution in [1.29, 1.82) is 0 Å². The summed E-state index contributed by atoms with van der Waals surface area (Å²) in [6, 6.07) is 6.34. The first kappa shape index (κ1) is 13.1. The number of benzene rings is 1. The van der Waals surface area contributed by atoms with E-state index in [4.69, 9.17) is 4.74 Å². The third-order valence-corrected chi connectivity index (χ3v) is 3.70. The van der Waals surface area contributed by atoms with Crippen molar-refractivity contribution >= 4 is 11.6 Å². The van der Waals surface area contributed by atoms with E-state index < -0.39 is 4.92 Å². The van der Waals surface area contributed by atoms with Crippen LogP contribution < -0.4 is 0 Å². The van der Waals surface area contributed by atoms with Crippen molar-refractivity contribution in [3.63, 3.8) is 0 Å². The fourth-order valence-electron chi connectivity index (χ4n) is 2.65. The molecule has 0 saturated carbocycles. The van der Waals surface area contributed by atoms with Crippen molar-refractivity contribution in [1.82, 2.24) is 4.90 Å². The van der Waals surface area contributed by atoms with Crippen LogP contribution in [0.5, 0.6) is 0 Å². The fourth-order valence-corrected chi connectivity index (χ4v) is 2.65. The first-order valence-electron chi connectivity index (χ1n) is 6.90. The summed E-state index contributed by atoms with van der Waals surface area (Å²) in [5.74, 6) is 0.601. The normalized spacial score (nSPS) is 22.6. The lowest BCUT2D eigenvalue weighted by Crippen LogP contribution is -2.32. The maximum Gasteiger partial charge on any atom is 0.269 e. The first-order valence-corrected chi connectivity index (χ1v) is 6.90. The van der Waals surface area contributed by atoms with E-state index in [-0.39, 0.29) is 11.8 Å². The van der Waals surface area contributed by atoms with E-state index in [0.29, 0.717) is 12.4 Å². The summed E-state index contributed by atoms with van der Waals surface area (Å²) in [5.41, 5.74) is 0.889. The molecule has 6 heteroatoms. The van der Waals surface area contributed by atoms with Gasteiger partial charge in [0.25, 0.3) is 5.69 Å². The number of hydrogen-bond acceptors (Lipinski definition) is 5. The minimum Gasteiger partial charge on any atom is -0.471 e. The number of nitro groups is 1. The molecule has 0 bridgehead atoms. The molecule has 0 N–H and O–H groups in total. The van der Waals surface area contributed by atoms with Crippen molar-refractivity contribution in [3.8, 4) is 0 Å². The number of nitro benzene ring substituents is 1. The monoisotopic (exact) mass is 275 g/mol. The number of likely N-dealkylation sites (tertiary alicyclic amines) is 1. The van der Waals surface area contributed by atoms with Gasteiger partial charge in [-0.1, -0.05) is 0 Å². The number of non-ortho nitro benzene ring substituents is 1. The largest absolute Gasteiger partial charge is 0.471 e. The third-order valence-electron chi connectivity index (χ3n) is 3.70. The van der Waals surface area contributed by atoms with E-state index in [0.717, 1.165) is 25.2 Å². The van der Waals surface area contributed by atoms with Crippen LogP contribution in [0.2, 0.25) is 0 Å². The smallest absolute Gasteiger partial charge is 0.269 e. The Morgan fingerprint density at radius 2 is 2.00 bits per heavy atom. The van der Waals surface area contributed by atoms with Gasteiger partial charge in [-0.05, 0) is 38.1 Å². The predicted molar refractivity (Wildman–Crippen MR) is 75.0 cm³/mol. The van der Waals surface area contributed by atoms with E-state index in [1.165, 1.54) is 25.0 Å². The second kappa shape index (κ2) is 5.58. The molecule has 1 aromatic rings. The zero-order valence-corrected chi connectivity index (χ0v) is 11.2. The van der Waals surface area contributed by atoms with Crippen LogP contribution >= 0.6 is 0 Å². The van der Waals surface area contributed by atoms with Crippen LogP contribution in [0.25, 0.3) is 0 Å². The average Bonchev–Trinajstić information content (AvgIpc) is 3.11. The molecule has 0 radical (unpaired) electrons. The number of hydrogen-bond donors (Lipinski definition) is 0. The number of aliphatic imine (C=N–C) groups is 1. The van der Waals surface area contributed by atoms with Gasteiger partial charge in [-0.25, -0.2) is 4.99 Å². The molecule has 106 valence electrons. The molecular weight excluding hydrogens is 258 g/mol. The Morgan fingerprint density at radius 3 is 2.65 bits per heavy atom. The topological polar surface area (TPSA) is 68.0 Å². The van der Waals surface area contributed by atoms with Gasteiger partial charge in [0.1, 0.15) is 6.10 Å². The highest BCUT2D eigenvalue weighted by atomic mass is 16.6. The Balaban J connectivity index is 1.59. The first-order chi connectivity index (χ1) is 9.72. The Kier molecular flexibility index (Phi) is 3.64. The highest BCUT2D eigenvalue weighted by molar-refractivity contribution is 5.95. The lowest BCUT2D eigenvalue weighted by atomic mass is 10.2. The van der Waals surface area contributed by atoms with Gasteiger partial charge in [0, 0.05) is 24.2 Å². The highest BCUT2D eigenvalue weighted by Crippen LogP contribution is 2.18. The number of ether oxygens (including phenoxy) is 1. The maximum absolute atomic E-state index is 10.6. The molecule has 0 aromatic heterocycles. The van der Waals surface area contributed by atoms with E-state index in [1.807, 2.05) is 0 Å². The average molecular weight is 275 g/mol. The molecule has 0 spiro atoms. The minimum absolute atomic E-state index is 0.0842. The summed E-state index contributed by atoms with van der Waals surface area (Å²) in [4.78, 5) is 17.0. The zero-order valence-electron chi connectivity index (χ0n) is 11.2. The molecule has 1 fully saturated rings. The standard InChI is InChI=1S/C14H17N3O3/c18-17(19)12-5-3-11(4-6-12)14-15-9-13(20-14)10-16-7-1-2-8-16/h3-6,13H,1-2,7-10H2/t13-/m1/s1. The van der Waals surface area contributed by atoms with E-state index in [1.54, 1.807) is 12.1 Å². The van der Waals surface area contributed by atoms with E-state index in [9.17, 15) is 10.1 Å². The molecule has 0 aliphatic carbocycles. The molecule has 0 amide bonds. The molecule has 3 rings (SSSR count). The Hall–Kier alpha value is -1.95. The van der Waals surface area contributed by atoms with Gasteiger partial charge in [0.2, 0.25) is 5.90 Å². The van der Waals surface area contributed by atoms with Gasteiger partial charge in [-0.2, -0.15) is 0 Å². The lowest BCUT2D eigenvalue weighted by Gasteiger charge is -2.19. The molecule has 1 saturated heterocycles. The summed E-state index contributed by atoms with van der Waals surface area (Å²) in [5, 5.41) is 10.6. The summed E-state index contributed by atoms with van der Waals surface area (Å²) in [6.45, 7) is 3.88. The van der Waals surface area contributed by atoms with Crippen molar-refractivity contribution < 1.29 is 9.66 Å². The predicted octanol–water partition coefficient (Wildman–Crippen LogP) is 1.84. The molecular formula is C14H17N3O3. The van der Waals surface area contributed by atoms with Gasteiger partial charge in [-0.15, -0.1) is 0 Å². The highest BCUT2D eigenvalue weighted by Gasteiger charge is 2.24. The van der Waals surface area contributed by atoms with Crippen LogP contribution in [0.4, 0.5) is 5.69 Å². The van der Waals surface area contributed by atoms with Crippen LogP contribution in [0.15, 0.2) is 29.3 Å². The molecule has 1 aromatic carbocycles. The third kappa shape index (κ3) is 2.80. The van der Waals surface area contributed by atoms with Gasteiger partial charge in [0.05, 0.1) is 11.5 Å². The van der Waals surface area contributed by atoms with Gasteiger partial charge >= 0.3 is 0 Å². The number of rotatable bonds is 4. The Morgan fingerprint density at radius 1 is 1.30 bits per heavy atom. The van der Waals surface area contributed by atoms with Crippen LogP contribution in [-0.2, 0) is 4.74 Å². The number of nitrogens with zero attached hydrogens (tertiary/aromatic N) is 3. The van der Waals surface area contributed by atoms with Crippen LogP contribution in [0.1, 0.15) is 18.4 Å². The van der Waals surface area contributed by atoms with Crippen molar-refractivity contribution in [2.45, 2.75) is 18.9 Å². The van der Waals surface area contributed by atoms with E-state index in [2.05, 4.69) is 9.89 Å². The molecule has 2 aliphatic heterocycles. The summed E-state index contributed by atoms with van der Waals surface area (Å²) in [7, 11) is 0. The van der Waals surface area contributed by atoms with Crippen LogP contribution in [0, 0.1) is 10.1 Å². The lowest BCUT2D eigenvalue weighted by molar-refractivity contribution is -0.384. The van der Waals surface area contributed by atoms with Crippen molar-refractivity contribution in [2.75, 3.05) is 26.2 Å². The molecule has 20 heavy (non-hydrogen) atoms. The molecule has 0 unspecified atom stereocenters. The molecule has 2 aliphatic rings. The summed E-state index contributed by atoms with van der Waals surface area (Å²) in [6.07, 6.45) is 2.64.